The first-order valence-corrected chi connectivity index (χ1v) is 20.8. The molecule has 324 valence electrons. The SMILES string of the molecule is COc1ccc(CNc2ncnc3c2c(-c2ccn(C)n2)cn3[C@@H]2O[C@H](C(=O)N(CCCNC(=O)OCc3ccccc3)C3CCN(C)CC3)[C@H]3OC(C)(C)O[C@H]32)c(OC)c1. The lowest BCUT2D eigenvalue weighted by Gasteiger charge is -2.39. The Balaban J connectivity index is 1.06. The van der Waals surface area contributed by atoms with Crippen LogP contribution in [0.2, 0.25) is 0 Å². The van der Waals surface area contributed by atoms with E-state index in [0.717, 1.165) is 48.0 Å². The molecule has 3 aliphatic heterocycles. The predicted molar refractivity (Wildman–Crippen MR) is 226 cm³/mol. The first-order chi connectivity index (χ1) is 29.5. The number of anilines is 1. The van der Waals surface area contributed by atoms with Gasteiger partial charge in [-0.2, -0.15) is 5.10 Å². The molecule has 2 aromatic carbocycles. The number of alkyl carbamates (subject to hydrolysis) is 1. The molecule has 0 spiro atoms. The van der Waals surface area contributed by atoms with Gasteiger partial charge in [0.15, 0.2) is 18.1 Å². The molecule has 0 unspecified atom stereocenters. The predicted octanol–water partition coefficient (Wildman–Crippen LogP) is 5.12. The van der Waals surface area contributed by atoms with E-state index >= 15 is 0 Å². The Morgan fingerprint density at radius 1 is 0.984 bits per heavy atom. The molecule has 2 N–H and O–H groups in total. The Kier molecular flexibility index (Phi) is 12.4. The summed E-state index contributed by atoms with van der Waals surface area (Å²) in [4.78, 5) is 41.2. The van der Waals surface area contributed by atoms with Gasteiger partial charge in [-0.05, 0) is 77.0 Å². The maximum atomic E-state index is 15.0. The minimum atomic E-state index is -0.982. The monoisotopic (exact) mass is 837 g/mol. The summed E-state index contributed by atoms with van der Waals surface area (Å²) in [5.74, 6) is 0.792. The molecule has 3 fully saturated rings. The zero-order valence-electron chi connectivity index (χ0n) is 35.6. The number of amides is 2. The number of nitrogens with one attached hydrogen (secondary N) is 2. The van der Waals surface area contributed by atoms with Gasteiger partial charge in [-0.3, -0.25) is 9.48 Å². The van der Waals surface area contributed by atoms with Gasteiger partial charge >= 0.3 is 6.09 Å². The number of nitrogens with zero attached hydrogens (tertiary/aromatic N) is 7. The summed E-state index contributed by atoms with van der Waals surface area (Å²) in [6.07, 6.45) is 3.87. The van der Waals surface area contributed by atoms with Gasteiger partial charge in [0.1, 0.15) is 48.1 Å². The lowest BCUT2D eigenvalue weighted by atomic mass is 10.0. The lowest BCUT2D eigenvalue weighted by molar-refractivity contribution is -0.201. The number of methoxy groups -OCH3 is 2. The van der Waals surface area contributed by atoms with Crippen LogP contribution in [0.4, 0.5) is 10.6 Å². The zero-order valence-corrected chi connectivity index (χ0v) is 35.6. The maximum absolute atomic E-state index is 15.0. The smallest absolute Gasteiger partial charge is 0.407 e. The van der Waals surface area contributed by atoms with Crippen LogP contribution in [0.1, 0.15) is 50.5 Å². The van der Waals surface area contributed by atoms with E-state index in [1.54, 1.807) is 18.9 Å². The van der Waals surface area contributed by atoms with E-state index in [1.165, 1.54) is 6.33 Å². The number of carbonyl (C=O) groups is 2. The van der Waals surface area contributed by atoms with Crippen molar-refractivity contribution in [2.24, 2.45) is 7.05 Å². The van der Waals surface area contributed by atoms with Gasteiger partial charge in [0, 0.05) is 62.3 Å². The van der Waals surface area contributed by atoms with Gasteiger partial charge in [-0.1, -0.05) is 30.3 Å². The van der Waals surface area contributed by atoms with Gasteiger partial charge in [0.05, 0.1) is 25.3 Å². The number of hydrogen-bond donors (Lipinski definition) is 2. The second kappa shape index (κ2) is 18.1. The van der Waals surface area contributed by atoms with Crippen molar-refractivity contribution in [3.8, 4) is 22.8 Å². The Hall–Kier alpha value is -5.75. The van der Waals surface area contributed by atoms with E-state index in [1.807, 2.05) is 97.4 Å². The number of carbonyl (C=O) groups excluding carboxylic acids is 2. The van der Waals surface area contributed by atoms with E-state index in [9.17, 15) is 9.59 Å². The highest BCUT2D eigenvalue weighted by Crippen LogP contribution is 2.46. The van der Waals surface area contributed by atoms with Crippen LogP contribution in [0.15, 0.2) is 73.3 Å². The Morgan fingerprint density at radius 3 is 2.51 bits per heavy atom. The van der Waals surface area contributed by atoms with E-state index in [4.69, 9.17) is 43.5 Å². The fraction of sp³-hybridized carbons (Fsp3) is 0.477. The van der Waals surface area contributed by atoms with Crippen LogP contribution >= 0.6 is 0 Å². The molecule has 5 aromatic rings. The normalized spacial score (nSPS) is 21.3. The summed E-state index contributed by atoms with van der Waals surface area (Å²) < 4.78 is 40.1. The van der Waals surface area contributed by atoms with Crippen molar-refractivity contribution >= 4 is 28.9 Å². The number of benzene rings is 2. The van der Waals surface area contributed by atoms with E-state index < -0.39 is 36.4 Å². The number of ether oxygens (including phenoxy) is 6. The summed E-state index contributed by atoms with van der Waals surface area (Å²) in [6.45, 7) is 6.75. The third kappa shape index (κ3) is 9.15. The minimum Gasteiger partial charge on any atom is -0.497 e. The highest BCUT2D eigenvalue weighted by Gasteiger charge is 2.59. The molecule has 17 nitrogen and oxygen atoms in total. The van der Waals surface area contributed by atoms with Crippen molar-refractivity contribution in [1.82, 2.24) is 39.4 Å². The van der Waals surface area contributed by atoms with Gasteiger partial charge in [0.25, 0.3) is 5.91 Å². The molecule has 61 heavy (non-hydrogen) atoms. The molecule has 0 bridgehead atoms. The van der Waals surface area contributed by atoms with E-state index in [-0.39, 0.29) is 18.6 Å². The summed E-state index contributed by atoms with van der Waals surface area (Å²) in [5, 5.41) is 11.8. The van der Waals surface area contributed by atoms with Gasteiger partial charge in [0.2, 0.25) is 0 Å². The molecule has 0 saturated carbocycles. The van der Waals surface area contributed by atoms with Crippen molar-refractivity contribution in [2.45, 2.75) is 82.6 Å². The number of hydrogen-bond acceptors (Lipinski definition) is 13. The number of fused-ring (bicyclic) bond motifs is 2. The Labute approximate surface area is 355 Å². The third-order valence-electron chi connectivity index (χ3n) is 11.6. The number of rotatable bonds is 15. The van der Waals surface area contributed by atoms with Gasteiger partial charge in [-0.15, -0.1) is 0 Å². The second-order valence-electron chi connectivity index (χ2n) is 16.2. The summed E-state index contributed by atoms with van der Waals surface area (Å²) in [5.41, 5.74) is 3.87. The number of piperidine rings is 1. The summed E-state index contributed by atoms with van der Waals surface area (Å²) >= 11 is 0. The molecule has 3 saturated heterocycles. The first kappa shape index (κ1) is 42.0. The molecule has 4 atom stereocenters. The molecule has 8 rings (SSSR count). The van der Waals surface area contributed by atoms with Crippen LogP contribution in [-0.4, -0.2) is 124 Å². The molecule has 0 radical (unpaired) electrons. The van der Waals surface area contributed by atoms with Crippen LogP contribution in [-0.2, 0) is 43.9 Å². The Morgan fingerprint density at radius 2 is 1.77 bits per heavy atom. The molecule has 3 aliphatic rings. The van der Waals surface area contributed by atoms with Crippen LogP contribution in [0.5, 0.6) is 11.5 Å². The van der Waals surface area contributed by atoms with E-state index in [0.29, 0.717) is 54.7 Å². The highest BCUT2D eigenvalue weighted by molar-refractivity contribution is 6.00. The average molecular weight is 838 g/mol. The largest absolute Gasteiger partial charge is 0.497 e. The molecule has 0 aliphatic carbocycles. The summed E-state index contributed by atoms with van der Waals surface area (Å²) in [6, 6.07) is 17.1. The second-order valence-corrected chi connectivity index (χ2v) is 16.2. The average Bonchev–Trinajstić information content (AvgIpc) is 4.04. The standard InChI is InChI=1S/C44H55N9O8/c1-44(2)60-36-37(41(54)52(30-15-20-50(3)21-16-30)19-10-18-45-43(55)58-26-28-11-8-7-9-12-28)59-42(38(36)61-44)53-25-32(33-17-22-51(4)49-33)35-39(47-27-48-40(35)53)46-24-29-13-14-31(56-5)23-34(29)57-6/h7-9,11-14,17,22-23,25,27,30,36-38,42H,10,15-16,18-21,24,26H2,1-6H3,(H,45,55)(H,46,47,48)/t36-,37+,38-,42-/m1/s1. The quantitative estimate of drug-likeness (QED) is 0.134. The lowest BCUT2D eigenvalue weighted by Crippen LogP contribution is -2.53. The van der Waals surface area contributed by atoms with Gasteiger partial charge < -0.3 is 53.4 Å². The van der Waals surface area contributed by atoms with Crippen LogP contribution in [0.3, 0.4) is 0 Å². The molecule has 17 heteroatoms. The van der Waals surface area contributed by atoms with Crippen LogP contribution in [0.25, 0.3) is 22.3 Å². The maximum Gasteiger partial charge on any atom is 0.407 e. The number of likely N-dealkylation sites (tertiary alicyclic amines) is 1. The first-order valence-electron chi connectivity index (χ1n) is 20.8. The topological polar surface area (TPSA) is 169 Å². The Bertz CT molecular complexity index is 2310. The van der Waals surface area contributed by atoms with Crippen LogP contribution < -0.4 is 20.1 Å². The molecule has 3 aromatic heterocycles. The fourth-order valence-electron chi connectivity index (χ4n) is 8.50. The van der Waals surface area contributed by atoms with Crippen molar-refractivity contribution in [3.63, 3.8) is 0 Å². The third-order valence-corrected chi connectivity index (χ3v) is 11.6. The van der Waals surface area contributed by atoms with Crippen molar-refractivity contribution < 1.29 is 38.0 Å². The van der Waals surface area contributed by atoms with Crippen molar-refractivity contribution in [2.75, 3.05) is 52.8 Å². The zero-order chi connectivity index (χ0) is 42.7. The van der Waals surface area contributed by atoms with Crippen molar-refractivity contribution in [1.29, 1.82) is 0 Å². The molecular weight excluding hydrogens is 783 g/mol. The number of aryl methyl sites for hydroxylation is 1. The van der Waals surface area contributed by atoms with E-state index in [2.05, 4.69) is 22.6 Å². The summed E-state index contributed by atoms with van der Waals surface area (Å²) in [7, 11) is 7.20. The molecule has 2 amide bonds. The van der Waals surface area contributed by atoms with Gasteiger partial charge in [-0.25, -0.2) is 14.8 Å². The molecule has 6 heterocycles. The molecular formula is C44H55N9O8. The highest BCUT2D eigenvalue weighted by atomic mass is 16.8. The van der Waals surface area contributed by atoms with Crippen LogP contribution in [0, 0.1) is 0 Å². The van der Waals surface area contributed by atoms with Crippen molar-refractivity contribution in [3.05, 3.63) is 84.4 Å². The minimum absolute atomic E-state index is 0.0148. The fourth-order valence-corrected chi connectivity index (χ4v) is 8.50. The number of aromatic nitrogens is 5.